The van der Waals surface area contributed by atoms with Crippen molar-refractivity contribution in [3.8, 4) is 5.75 Å². The minimum atomic E-state index is -0.292. The molecule has 1 fully saturated rings. The standard InChI is InChI=1S/C22H25ClN2O3/c1-2-28-18-11-8-15(9-12-18)21(26)16-10-13-19(23)20(14-16)25-22(27)24-17-6-4-3-5-7-17/h8-14,17H,2-7H2,1H3,(H2,24,25,27). The maximum atomic E-state index is 12.8. The molecule has 2 N–H and O–H groups in total. The third-order valence-electron chi connectivity index (χ3n) is 4.84. The van der Waals surface area contributed by atoms with Gasteiger partial charge in [-0.3, -0.25) is 4.79 Å². The maximum Gasteiger partial charge on any atom is 0.319 e. The van der Waals surface area contributed by atoms with Crippen molar-refractivity contribution >= 4 is 29.1 Å². The van der Waals surface area contributed by atoms with Gasteiger partial charge in [-0.2, -0.15) is 0 Å². The van der Waals surface area contributed by atoms with E-state index in [0.717, 1.165) is 31.4 Å². The first-order valence-corrected chi connectivity index (χ1v) is 10.1. The topological polar surface area (TPSA) is 67.4 Å². The number of carbonyl (C=O) groups excluding carboxylic acids is 2. The molecule has 0 aromatic heterocycles. The predicted octanol–water partition coefficient (Wildman–Crippen LogP) is 5.42. The van der Waals surface area contributed by atoms with Gasteiger partial charge in [-0.1, -0.05) is 30.9 Å². The van der Waals surface area contributed by atoms with E-state index in [1.807, 2.05) is 6.92 Å². The van der Waals surface area contributed by atoms with Gasteiger partial charge in [0.25, 0.3) is 0 Å². The van der Waals surface area contributed by atoms with Gasteiger partial charge in [0.15, 0.2) is 5.78 Å². The lowest BCUT2D eigenvalue weighted by atomic mass is 9.96. The van der Waals surface area contributed by atoms with Gasteiger partial charge in [-0.15, -0.1) is 0 Å². The highest BCUT2D eigenvalue weighted by Gasteiger charge is 2.17. The summed E-state index contributed by atoms with van der Waals surface area (Å²) in [6, 6.07) is 11.8. The largest absolute Gasteiger partial charge is 0.494 e. The van der Waals surface area contributed by atoms with Gasteiger partial charge in [0, 0.05) is 17.2 Å². The molecule has 0 heterocycles. The smallest absolute Gasteiger partial charge is 0.319 e. The Balaban J connectivity index is 1.69. The summed E-state index contributed by atoms with van der Waals surface area (Å²) in [5.41, 5.74) is 1.43. The summed E-state index contributed by atoms with van der Waals surface area (Å²) in [4.78, 5) is 25.1. The van der Waals surface area contributed by atoms with Crippen molar-refractivity contribution in [1.29, 1.82) is 0 Å². The lowest BCUT2D eigenvalue weighted by molar-refractivity contribution is 0.103. The third-order valence-corrected chi connectivity index (χ3v) is 5.17. The minimum Gasteiger partial charge on any atom is -0.494 e. The Morgan fingerprint density at radius 3 is 2.39 bits per heavy atom. The third kappa shape index (κ3) is 5.26. The highest BCUT2D eigenvalue weighted by atomic mass is 35.5. The van der Waals surface area contributed by atoms with Gasteiger partial charge in [0.05, 0.1) is 17.3 Å². The zero-order chi connectivity index (χ0) is 19.9. The number of carbonyl (C=O) groups is 2. The Bertz CT molecular complexity index is 830. The van der Waals surface area contributed by atoms with Crippen LogP contribution in [0.15, 0.2) is 42.5 Å². The van der Waals surface area contributed by atoms with Crippen molar-refractivity contribution in [2.24, 2.45) is 0 Å². The molecule has 1 aliphatic carbocycles. The fraction of sp³-hybridized carbons (Fsp3) is 0.364. The Kier molecular flexibility index (Phi) is 6.93. The first kappa shape index (κ1) is 20.2. The number of halogens is 1. The average Bonchev–Trinajstić information content (AvgIpc) is 2.71. The van der Waals surface area contributed by atoms with Gasteiger partial charge in [0.2, 0.25) is 0 Å². The molecule has 6 heteroatoms. The molecule has 1 aliphatic rings. The first-order valence-electron chi connectivity index (χ1n) is 9.71. The maximum absolute atomic E-state index is 12.8. The number of hydrogen-bond donors (Lipinski definition) is 2. The van der Waals surface area contributed by atoms with E-state index < -0.39 is 0 Å². The van der Waals surface area contributed by atoms with Crippen molar-refractivity contribution in [2.75, 3.05) is 11.9 Å². The Hall–Kier alpha value is -2.53. The summed E-state index contributed by atoms with van der Waals surface area (Å²) < 4.78 is 5.40. The molecule has 2 aromatic carbocycles. The van der Waals surface area contributed by atoms with Crippen LogP contribution in [0.2, 0.25) is 5.02 Å². The van der Waals surface area contributed by atoms with E-state index in [2.05, 4.69) is 10.6 Å². The molecule has 2 aromatic rings. The number of hydrogen-bond acceptors (Lipinski definition) is 3. The van der Waals surface area contributed by atoms with E-state index in [4.69, 9.17) is 16.3 Å². The van der Waals surface area contributed by atoms with Crippen LogP contribution in [0.4, 0.5) is 10.5 Å². The molecule has 28 heavy (non-hydrogen) atoms. The number of benzene rings is 2. The first-order chi connectivity index (χ1) is 13.6. The van der Waals surface area contributed by atoms with E-state index in [1.165, 1.54) is 6.42 Å². The van der Waals surface area contributed by atoms with Crippen LogP contribution in [-0.2, 0) is 0 Å². The van der Waals surface area contributed by atoms with E-state index in [1.54, 1.807) is 42.5 Å². The van der Waals surface area contributed by atoms with Gasteiger partial charge in [-0.25, -0.2) is 4.79 Å². The summed E-state index contributed by atoms with van der Waals surface area (Å²) in [7, 11) is 0. The molecular weight excluding hydrogens is 376 g/mol. The van der Waals surface area contributed by atoms with Crippen LogP contribution in [0.25, 0.3) is 0 Å². The molecule has 0 atom stereocenters. The lowest BCUT2D eigenvalue weighted by Gasteiger charge is -2.23. The number of rotatable bonds is 6. The molecule has 0 unspecified atom stereocenters. The van der Waals surface area contributed by atoms with Gasteiger partial charge < -0.3 is 15.4 Å². The second kappa shape index (κ2) is 9.60. The van der Waals surface area contributed by atoms with Crippen LogP contribution in [0.3, 0.4) is 0 Å². The summed E-state index contributed by atoms with van der Waals surface area (Å²) in [5, 5.41) is 6.15. The Morgan fingerprint density at radius 2 is 1.71 bits per heavy atom. The molecule has 0 spiro atoms. The van der Waals surface area contributed by atoms with E-state index in [-0.39, 0.29) is 17.9 Å². The minimum absolute atomic E-state index is 0.143. The molecule has 0 saturated heterocycles. The fourth-order valence-electron chi connectivity index (χ4n) is 3.39. The van der Waals surface area contributed by atoms with Crippen LogP contribution >= 0.6 is 11.6 Å². The van der Waals surface area contributed by atoms with Crippen molar-refractivity contribution in [3.05, 3.63) is 58.6 Å². The SMILES string of the molecule is CCOc1ccc(C(=O)c2ccc(Cl)c(NC(=O)NC3CCCCC3)c2)cc1. The van der Waals surface area contributed by atoms with Crippen LogP contribution in [0.5, 0.6) is 5.75 Å². The molecule has 5 nitrogen and oxygen atoms in total. The highest BCUT2D eigenvalue weighted by Crippen LogP contribution is 2.25. The number of ketones is 1. The molecule has 2 amide bonds. The van der Waals surface area contributed by atoms with Crippen molar-refractivity contribution < 1.29 is 14.3 Å². The summed E-state index contributed by atoms with van der Waals surface area (Å²) in [6.45, 7) is 2.48. The second-order valence-electron chi connectivity index (χ2n) is 6.91. The van der Waals surface area contributed by atoms with Crippen LogP contribution in [-0.4, -0.2) is 24.5 Å². The zero-order valence-corrected chi connectivity index (χ0v) is 16.7. The van der Waals surface area contributed by atoms with E-state index in [9.17, 15) is 9.59 Å². The summed E-state index contributed by atoms with van der Waals surface area (Å²) in [6.07, 6.45) is 5.49. The Labute approximate surface area is 170 Å². The molecule has 0 aliphatic heterocycles. The van der Waals surface area contributed by atoms with Crippen LogP contribution in [0, 0.1) is 0 Å². The number of amides is 2. The van der Waals surface area contributed by atoms with Gasteiger partial charge in [0.1, 0.15) is 5.75 Å². The van der Waals surface area contributed by atoms with Crippen molar-refractivity contribution in [2.45, 2.75) is 45.1 Å². The number of anilines is 1. The zero-order valence-electron chi connectivity index (χ0n) is 16.0. The number of urea groups is 1. The molecule has 0 bridgehead atoms. The molecule has 1 saturated carbocycles. The molecule has 148 valence electrons. The van der Waals surface area contributed by atoms with Crippen LogP contribution in [0.1, 0.15) is 54.9 Å². The van der Waals surface area contributed by atoms with Crippen LogP contribution < -0.4 is 15.4 Å². The predicted molar refractivity (Wildman–Crippen MR) is 112 cm³/mol. The fourth-order valence-corrected chi connectivity index (χ4v) is 3.55. The quantitative estimate of drug-likeness (QED) is 0.636. The second-order valence-corrected chi connectivity index (χ2v) is 7.32. The lowest BCUT2D eigenvalue weighted by Crippen LogP contribution is -2.39. The highest BCUT2D eigenvalue weighted by molar-refractivity contribution is 6.34. The van der Waals surface area contributed by atoms with Gasteiger partial charge >= 0.3 is 6.03 Å². The van der Waals surface area contributed by atoms with Crippen molar-refractivity contribution in [3.63, 3.8) is 0 Å². The Morgan fingerprint density at radius 1 is 1.04 bits per heavy atom. The van der Waals surface area contributed by atoms with Crippen molar-refractivity contribution in [1.82, 2.24) is 5.32 Å². The van der Waals surface area contributed by atoms with E-state index >= 15 is 0 Å². The molecular formula is C22H25ClN2O3. The van der Waals surface area contributed by atoms with Gasteiger partial charge in [-0.05, 0) is 62.2 Å². The summed E-state index contributed by atoms with van der Waals surface area (Å²) >= 11 is 6.22. The normalized spacial score (nSPS) is 14.4. The number of ether oxygens (including phenoxy) is 1. The average molecular weight is 401 g/mol. The van der Waals surface area contributed by atoms with E-state index in [0.29, 0.717) is 28.4 Å². The molecule has 3 rings (SSSR count). The number of nitrogens with one attached hydrogen (secondary N) is 2. The monoisotopic (exact) mass is 400 g/mol. The summed E-state index contributed by atoms with van der Waals surface area (Å²) in [5.74, 6) is 0.576. The molecule has 0 radical (unpaired) electrons.